The first-order valence-electron chi connectivity index (χ1n) is 14.5. The zero-order valence-corrected chi connectivity index (χ0v) is 25.2. The molecule has 0 aromatic carbocycles. The van der Waals surface area contributed by atoms with E-state index in [9.17, 15) is 29.4 Å². The predicted molar refractivity (Wildman–Crippen MR) is 152 cm³/mol. The maximum Gasteiger partial charge on any atom is 0.326 e. The molecule has 226 valence electrons. The van der Waals surface area contributed by atoms with Gasteiger partial charge in [0.25, 0.3) is 5.91 Å². The van der Waals surface area contributed by atoms with Gasteiger partial charge in [0.1, 0.15) is 24.2 Å². The largest absolute Gasteiger partial charge is 0.480 e. The van der Waals surface area contributed by atoms with Crippen LogP contribution in [-0.2, 0) is 19.2 Å². The van der Waals surface area contributed by atoms with Crippen LogP contribution >= 0.6 is 11.6 Å². The van der Waals surface area contributed by atoms with Crippen molar-refractivity contribution in [2.75, 3.05) is 19.5 Å². The van der Waals surface area contributed by atoms with E-state index in [0.29, 0.717) is 44.5 Å². The van der Waals surface area contributed by atoms with E-state index < -0.39 is 54.0 Å². The SMILES string of the molecule is CC[C@H](C)[C@H](NC(=O)[C@H](O)[C@H](N)CCCCCCCCl)C(=O)N(C)[C@@H](CC(C)C)C(=O)N1CCC[C@H]1C(=O)O. The van der Waals surface area contributed by atoms with Crippen LogP contribution in [0, 0.1) is 11.8 Å². The highest BCUT2D eigenvalue weighted by molar-refractivity contribution is 6.17. The third-order valence-corrected chi connectivity index (χ3v) is 8.01. The molecule has 0 bridgehead atoms. The first kappa shape index (κ1) is 35.1. The van der Waals surface area contributed by atoms with E-state index in [-0.39, 0.29) is 11.8 Å². The summed E-state index contributed by atoms with van der Waals surface area (Å²) >= 11 is 5.69. The molecule has 1 rings (SSSR count). The van der Waals surface area contributed by atoms with Crippen LogP contribution in [0.25, 0.3) is 0 Å². The summed E-state index contributed by atoms with van der Waals surface area (Å²) in [5.74, 6) is -2.20. The molecular weight excluding hydrogens is 524 g/mol. The molecule has 1 fully saturated rings. The van der Waals surface area contributed by atoms with Gasteiger partial charge in [0.05, 0.1) is 0 Å². The van der Waals surface area contributed by atoms with Crippen molar-refractivity contribution in [2.45, 2.75) is 122 Å². The van der Waals surface area contributed by atoms with Gasteiger partial charge in [-0.1, -0.05) is 59.8 Å². The Kier molecular flexibility index (Phi) is 15.9. The number of nitrogens with two attached hydrogens (primary N) is 1. The lowest BCUT2D eigenvalue weighted by molar-refractivity contribution is -0.153. The lowest BCUT2D eigenvalue weighted by Crippen LogP contribution is -2.59. The van der Waals surface area contributed by atoms with Crippen molar-refractivity contribution in [1.82, 2.24) is 15.1 Å². The molecule has 1 heterocycles. The van der Waals surface area contributed by atoms with Crippen LogP contribution in [0.3, 0.4) is 0 Å². The summed E-state index contributed by atoms with van der Waals surface area (Å²) < 4.78 is 0. The summed E-state index contributed by atoms with van der Waals surface area (Å²) in [7, 11) is 1.52. The van der Waals surface area contributed by atoms with Crippen molar-refractivity contribution in [2.24, 2.45) is 17.6 Å². The number of alkyl halides is 1. The number of nitrogens with one attached hydrogen (secondary N) is 1. The van der Waals surface area contributed by atoms with Crippen molar-refractivity contribution in [3.05, 3.63) is 0 Å². The molecule has 3 amide bonds. The van der Waals surface area contributed by atoms with Gasteiger partial charge in [0.15, 0.2) is 0 Å². The number of carboxylic acid groups (broad SMARTS) is 1. The van der Waals surface area contributed by atoms with Gasteiger partial charge in [-0.25, -0.2) is 4.79 Å². The topological polar surface area (TPSA) is 153 Å². The molecule has 1 aliphatic rings. The van der Waals surface area contributed by atoms with E-state index in [4.69, 9.17) is 17.3 Å². The minimum Gasteiger partial charge on any atom is -0.480 e. The number of carboxylic acids is 1. The van der Waals surface area contributed by atoms with Crippen molar-refractivity contribution in [1.29, 1.82) is 0 Å². The highest BCUT2D eigenvalue weighted by Crippen LogP contribution is 2.24. The number of aliphatic carboxylic acids is 1. The lowest BCUT2D eigenvalue weighted by Gasteiger charge is -2.36. The average Bonchev–Trinajstić information content (AvgIpc) is 3.40. The smallest absolute Gasteiger partial charge is 0.326 e. The number of carbonyl (C=O) groups excluding carboxylic acids is 3. The Balaban J connectivity index is 2.97. The number of aliphatic hydroxyl groups excluding tert-OH is 1. The Labute approximate surface area is 239 Å². The summed E-state index contributed by atoms with van der Waals surface area (Å²) in [6.45, 7) is 7.91. The number of amides is 3. The maximum atomic E-state index is 13.7. The van der Waals surface area contributed by atoms with Crippen LogP contribution in [0.2, 0.25) is 0 Å². The van der Waals surface area contributed by atoms with Gasteiger partial charge in [-0.15, -0.1) is 11.6 Å². The molecule has 5 N–H and O–H groups in total. The molecule has 0 aliphatic carbocycles. The molecular formula is C28H51ClN4O6. The summed E-state index contributed by atoms with van der Waals surface area (Å²) in [4.78, 5) is 54.6. The average molecular weight is 575 g/mol. The fourth-order valence-electron chi connectivity index (χ4n) is 5.00. The number of hydrogen-bond donors (Lipinski definition) is 4. The third-order valence-electron chi connectivity index (χ3n) is 7.74. The second-order valence-electron chi connectivity index (χ2n) is 11.3. The molecule has 0 spiro atoms. The molecule has 0 unspecified atom stereocenters. The molecule has 39 heavy (non-hydrogen) atoms. The summed E-state index contributed by atoms with van der Waals surface area (Å²) in [5, 5.41) is 22.9. The highest BCUT2D eigenvalue weighted by atomic mass is 35.5. The van der Waals surface area contributed by atoms with Gasteiger partial charge in [0, 0.05) is 25.5 Å². The number of nitrogens with zero attached hydrogens (tertiary/aromatic N) is 2. The molecule has 1 saturated heterocycles. The molecule has 11 heteroatoms. The molecule has 0 saturated carbocycles. The third kappa shape index (κ3) is 10.9. The van der Waals surface area contributed by atoms with Crippen LogP contribution in [-0.4, -0.2) is 93.4 Å². The van der Waals surface area contributed by atoms with Gasteiger partial charge in [-0.3, -0.25) is 14.4 Å². The number of aliphatic hydroxyl groups is 1. The van der Waals surface area contributed by atoms with Crippen molar-refractivity contribution in [3.8, 4) is 0 Å². The maximum absolute atomic E-state index is 13.7. The molecule has 10 nitrogen and oxygen atoms in total. The number of likely N-dealkylation sites (N-methyl/N-ethyl adjacent to an activating group) is 1. The number of rotatable bonds is 18. The second kappa shape index (κ2) is 17.7. The van der Waals surface area contributed by atoms with Crippen LogP contribution in [0.5, 0.6) is 0 Å². The van der Waals surface area contributed by atoms with Crippen LogP contribution in [0.15, 0.2) is 0 Å². The van der Waals surface area contributed by atoms with Crippen molar-refractivity contribution >= 4 is 35.3 Å². The second-order valence-corrected chi connectivity index (χ2v) is 11.7. The Morgan fingerprint density at radius 1 is 1.10 bits per heavy atom. The van der Waals surface area contributed by atoms with E-state index in [2.05, 4.69) is 5.32 Å². The van der Waals surface area contributed by atoms with E-state index in [1.165, 1.54) is 16.8 Å². The highest BCUT2D eigenvalue weighted by Gasteiger charge is 2.41. The molecule has 0 aromatic heterocycles. The standard InChI is InChI=1S/C28H51ClN4O6/c1-6-19(4)23(31-25(35)24(34)20(30)13-10-8-7-9-11-15-29)27(37)32(5)22(17-18(2)3)26(36)33-16-12-14-21(33)28(38)39/h18-24,34H,6-17,30H2,1-5H3,(H,31,35)(H,38,39)/t19-,20+,21-,22-,23-,24+/m0/s1. The summed E-state index contributed by atoms with van der Waals surface area (Å²) in [6.07, 6.45) is 5.61. The van der Waals surface area contributed by atoms with Crippen LogP contribution in [0.4, 0.5) is 0 Å². The number of hydrogen-bond acceptors (Lipinski definition) is 6. The van der Waals surface area contributed by atoms with Gasteiger partial charge in [0.2, 0.25) is 11.8 Å². The van der Waals surface area contributed by atoms with Gasteiger partial charge < -0.3 is 31.1 Å². The van der Waals surface area contributed by atoms with Crippen LogP contribution in [0.1, 0.15) is 91.9 Å². The van der Waals surface area contributed by atoms with E-state index in [0.717, 1.165) is 32.1 Å². The fourth-order valence-corrected chi connectivity index (χ4v) is 5.19. The zero-order chi connectivity index (χ0) is 29.7. The van der Waals surface area contributed by atoms with Crippen LogP contribution < -0.4 is 11.1 Å². The molecule has 0 radical (unpaired) electrons. The summed E-state index contributed by atoms with van der Waals surface area (Å²) in [6, 6.07) is -3.51. The fraction of sp³-hybridized carbons (Fsp3) is 0.857. The van der Waals surface area contributed by atoms with E-state index in [1.807, 2.05) is 27.7 Å². The van der Waals surface area contributed by atoms with E-state index >= 15 is 0 Å². The van der Waals surface area contributed by atoms with E-state index in [1.54, 1.807) is 0 Å². The molecule has 6 atom stereocenters. The zero-order valence-electron chi connectivity index (χ0n) is 24.4. The minimum atomic E-state index is -1.47. The first-order chi connectivity index (χ1) is 18.4. The van der Waals surface area contributed by atoms with Gasteiger partial charge in [-0.2, -0.15) is 0 Å². The Morgan fingerprint density at radius 2 is 1.72 bits per heavy atom. The quantitative estimate of drug-likeness (QED) is 0.145. The Bertz CT molecular complexity index is 798. The monoisotopic (exact) mass is 574 g/mol. The number of unbranched alkanes of at least 4 members (excludes halogenated alkanes) is 4. The summed E-state index contributed by atoms with van der Waals surface area (Å²) in [5.41, 5.74) is 6.10. The number of halogens is 1. The van der Waals surface area contributed by atoms with Gasteiger partial charge in [-0.05, 0) is 43.9 Å². The number of likely N-dealkylation sites (tertiary alicyclic amines) is 1. The Hall–Kier alpha value is -1.91. The first-order valence-corrected chi connectivity index (χ1v) is 15.0. The normalized spacial score (nSPS) is 19.3. The number of carbonyl (C=O) groups is 4. The van der Waals surface area contributed by atoms with Crippen molar-refractivity contribution < 1.29 is 29.4 Å². The predicted octanol–water partition coefficient (Wildman–Crippen LogP) is 2.73. The van der Waals surface area contributed by atoms with Crippen molar-refractivity contribution in [3.63, 3.8) is 0 Å². The minimum absolute atomic E-state index is 0.0616. The molecule has 1 aliphatic heterocycles. The Morgan fingerprint density at radius 3 is 2.28 bits per heavy atom. The lowest BCUT2D eigenvalue weighted by atomic mass is 9.94. The molecule has 0 aromatic rings. The van der Waals surface area contributed by atoms with Gasteiger partial charge >= 0.3 is 5.97 Å².